The Hall–Kier alpha value is -0.870. The monoisotopic (exact) mass is 279 g/mol. The van der Waals surface area contributed by atoms with E-state index >= 15 is 0 Å². The molecular formula is C16H29N3O. The van der Waals surface area contributed by atoms with Crippen LogP contribution in [0.5, 0.6) is 0 Å². The molecule has 0 radical (unpaired) electrons. The molecule has 1 fully saturated rings. The normalized spacial score (nSPS) is 19.4. The molecule has 4 heteroatoms. The minimum atomic E-state index is -0.0673. The van der Waals surface area contributed by atoms with Gasteiger partial charge in [-0.15, -0.1) is 0 Å². The molecule has 1 N–H and O–H groups in total. The summed E-state index contributed by atoms with van der Waals surface area (Å²) in [6, 6.07) is 0.208. The summed E-state index contributed by atoms with van der Waals surface area (Å²) in [4.78, 5) is 4.63. The predicted octanol–water partition coefficient (Wildman–Crippen LogP) is 3.29. The lowest BCUT2D eigenvalue weighted by molar-refractivity contribution is -0.0652. The molecule has 1 heterocycles. The Balaban J connectivity index is 2.30. The van der Waals surface area contributed by atoms with Gasteiger partial charge in [-0.3, -0.25) is 0 Å². The predicted molar refractivity (Wildman–Crippen MR) is 81.8 cm³/mol. The highest BCUT2D eigenvalue weighted by atomic mass is 16.5. The average Bonchev–Trinajstić information content (AvgIpc) is 3.09. The van der Waals surface area contributed by atoms with Gasteiger partial charge in [-0.25, -0.2) is 4.98 Å². The van der Waals surface area contributed by atoms with Gasteiger partial charge in [0.15, 0.2) is 0 Å². The zero-order chi connectivity index (χ0) is 14.4. The number of nitrogens with one attached hydrogen (secondary N) is 1. The van der Waals surface area contributed by atoms with Gasteiger partial charge in [0.25, 0.3) is 0 Å². The van der Waals surface area contributed by atoms with E-state index in [1.165, 1.54) is 12.8 Å². The average molecular weight is 279 g/mol. The van der Waals surface area contributed by atoms with Crippen molar-refractivity contribution in [1.82, 2.24) is 14.9 Å². The van der Waals surface area contributed by atoms with E-state index in [1.807, 2.05) is 6.20 Å². The molecule has 0 spiro atoms. The fourth-order valence-electron chi connectivity index (χ4n) is 3.43. The van der Waals surface area contributed by atoms with Crippen LogP contribution in [0.2, 0.25) is 0 Å². The molecule has 1 unspecified atom stereocenters. The van der Waals surface area contributed by atoms with Crippen molar-refractivity contribution in [3.05, 3.63) is 18.2 Å². The first-order valence-corrected chi connectivity index (χ1v) is 8.15. The van der Waals surface area contributed by atoms with Gasteiger partial charge in [0.2, 0.25) is 0 Å². The van der Waals surface area contributed by atoms with Crippen molar-refractivity contribution in [2.24, 2.45) is 0 Å². The van der Waals surface area contributed by atoms with Crippen LogP contribution >= 0.6 is 0 Å². The summed E-state index contributed by atoms with van der Waals surface area (Å²) in [7, 11) is 0. The Bertz CT molecular complexity index is 396. The van der Waals surface area contributed by atoms with Crippen LogP contribution in [0.15, 0.2) is 12.4 Å². The van der Waals surface area contributed by atoms with E-state index in [0.717, 1.165) is 44.8 Å². The van der Waals surface area contributed by atoms with Crippen LogP contribution < -0.4 is 5.32 Å². The minimum Gasteiger partial charge on any atom is -0.373 e. The summed E-state index contributed by atoms with van der Waals surface area (Å²) in [5.74, 6) is 1.14. The molecule has 0 amide bonds. The number of nitrogens with zero attached hydrogens (tertiary/aromatic N) is 2. The highest BCUT2D eigenvalue weighted by Crippen LogP contribution is 2.42. The Morgan fingerprint density at radius 3 is 2.70 bits per heavy atom. The van der Waals surface area contributed by atoms with Gasteiger partial charge in [-0.2, -0.15) is 0 Å². The molecule has 1 saturated carbocycles. The SMILES string of the molecule is CCCNC(c1nccn1CC)C1(OCC)CCCC1. The van der Waals surface area contributed by atoms with Crippen LogP contribution in [0.25, 0.3) is 0 Å². The topological polar surface area (TPSA) is 39.1 Å². The number of hydrogen-bond donors (Lipinski definition) is 1. The molecule has 1 aromatic rings. The third-order valence-corrected chi connectivity index (χ3v) is 4.35. The lowest BCUT2D eigenvalue weighted by atomic mass is 9.90. The summed E-state index contributed by atoms with van der Waals surface area (Å²) >= 11 is 0. The van der Waals surface area contributed by atoms with Gasteiger partial charge in [0, 0.05) is 25.5 Å². The molecule has 1 atom stereocenters. The summed E-state index contributed by atoms with van der Waals surface area (Å²) in [6.45, 7) is 9.22. The molecule has 1 aliphatic rings. The first-order valence-electron chi connectivity index (χ1n) is 8.15. The highest BCUT2D eigenvalue weighted by molar-refractivity contribution is 5.10. The first-order chi connectivity index (χ1) is 9.77. The van der Waals surface area contributed by atoms with E-state index in [0.29, 0.717) is 0 Å². The molecule has 0 aromatic carbocycles. The third kappa shape index (κ3) is 3.07. The molecule has 1 aromatic heterocycles. The first kappa shape index (κ1) is 15.5. The Morgan fingerprint density at radius 2 is 2.10 bits per heavy atom. The second-order valence-corrected chi connectivity index (χ2v) is 5.66. The van der Waals surface area contributed by atoms with E-state index in [2.05, 4.69) is 41.8 Å². The summed E-state index contributed by atoms with van der Waals surface area (Å²) in [5.41, 5.74) is -0.0673. The maximum Gasteiger partial charge on any atom is 0.128 e. The van der Waals surface area contributed by atoms with E-state index in [4.69, 9.17) is 4.74 Å². The molecule has 1 aliphatic carbocycles. The van der Waals surface area contributed by atoms with Crippen LogP contribution in [0.1, 0.15) is 64.7 Å². The molecule has 114 valence electrons. The van der Waals surface area contributed by atoms with Crippen LogP contribution in [0.4, 0.5) is 0 Å². The van der Waals surface area contributed by atoms with Gasteiger partial charge in [-0.05, 0) is 39.7 Å². The largest absolute Gasteiger partial charge is 0.373 e. The van der Waals surface area contributed by atoms with Crippen molar-refractivity contribution in [1.29, 1.82) is 0 Å². The van der Waals surface area contributed by atoms with Crippen molar-refractivity contribution in [2.45, 2.75) is 71.1 Å². The summed E-state index contributed by atoms with van der Waals surface area (Å²) in [5, 5.41) is 3.71. The zero-order valence-electron chi connectivity index (χ0n) is 13.2. The molecule has 2 rings (SSSR count). The third-order valence-electron chi connectivity index (χ3n) is 4.35. The number of imidazole rings is 1. The lowest BCUT2D eigenvalue weighted by Crippen LogP contribution is -2.45. The standard InChI is InChI=1S/C16H29N3O/c1-4-11-17-14(15-18-12-13-19(15)5-2)16(20-6-3)9-7-8-10-16/h12-14,17H,4-11H2,1-3H3. The van der Waals surface area contributed by atoms with E-state index in [9.17, 15) is 0 Å². The van der Waals surface area contributed by atoms with Crippen LogP contribution in [-0.4, -0.2) is 28.3 Å². The summed E-state index contributed by atoms with van der Waals surface area (Å²) in [6.07, 6.45) is 9.91. The quantitative estimate of drug-likeness (QED) is 0.793. The van der Waals surface area contributed by atoms with Crippen molar-refractivity contribution in [2.75, 3.05) is 13.2 Å². The maximum atomic E-state index is 6.26. The Morgan fingerprint density at radius 1 is 1.35 bits per heavy atom. The zero-order valence-corrected chi connectivity index (χ0v) is 13.2. The van der Waals surface area contributed by atoms with Gasteiger partial charge in [-0.1, -0.05) is 19.8 Å². The van der Waals surface area contributed by atoms with E-state index in [1.54, 1.807) is 0 Å². The van der Waals surface area contributed by atoms with E-state index in [-0.39, 0.29) is 11.6 Å². The number of aryl methyl sites for hydroxylation is 1. The minimum absolute atomic E-state index is 0.0673. The smallest absolute Gasteiger partial charge is 0.128 e. The molecular weight excluding hydrogens is 250 g/mol. The van der Waals surface area contributed by atoms with E-state index < -0.39 is 0 Å². The van der Waals surface area contributed by atoms with Crippen molar-refractivity contribution >= 4 is 0 Å². The second kappa shape index (κ2) is 7.23. The summed E-state index contributed by atoms with van der Waals surface area (Å²) < 4.78 is 8.50. The lowest BCUT2D eigenvalue weighted by Gasteiger charge is -2.37. The maximum absolute atomic E-state index is 6.26. The van der Waals surface area contributed by atoms with Gasteiger partial charge in [0.1, 0.15) is 5.82 Å². The fourth-order valence-corrected chi connectivity index (χ4v) is 3.43. The Kier molecular flexibility index (Phi) is 5.61. The van der Waals surface area contributed by atoms with Gasteiger partial charge >= 0.3 is 0 Å². The molecule has 20 heavy (non-hydrogen) atoms. The molecule has 0 bridgehead atoms. The molecule has 0 saturated heterocycles. The number of rotatable bonds is 8. The van der Waals surface area contributed by atoms with Gasteiger partial charge in [0.05, 0.1) is 11.6 Å². The fraction of sp³-hybridized carbons (Fsp3) is 0.812. The second-order valence-electron chi connectivity index (χ2n) is 5.66. The van der Waals surface area contributed by atoms with Crippen molar-refractivity contribution in [3.8, 4) is 0 Å². The number of aromatic nitrogens is 2. The van der Waals surface area contributed by atoms with Crippen LogP contribution in [0.3, 0.4) is 0 Å². The number of ether oxygens (including phenoxy) is 1. The number of hydrogen-bond acceptors (Lipinski definition) is 3. The van der Waals surface area contributed by atoms with Crippen molar-refractivity contribution < 1.29 is 4.74 Å². The molecule has 4 nitrogen and oxygen atoms in total. The van der Waals surface area contributed by atoms with Gasteiger partial charge < -0.3 is 14.6 Å². The van der Waals surface area contributed by atoms with Crippen LogP contribution in [0, 0.1) is 0 Å². The van der Waals surface area contributed by atoms with Crippen molar-refractivity contribution in [3.63, 3.8) is 0 Å². The molecule has 0 aliphatic heterocycles. The highest BCUT2D eigenvalue weighted by Gasteiger charge is 2.44. The van der Waals surface area contributed by atoms with Crippen LogP contribution in [-0.2, 0) is 11.3 Å². The Labute approximate surface area is 122 Å².